The largest absolute Gasteiger partial charge is 0.208 e. The third-order valence-electron chi connectivity index (χ3n) is 11.8. The van der Waals surface area contributed by atoms with Crippen molar-refractivity contribution in [3.05, 3.63) is 210 Å². The normalized spacial score (nSPS) is 13.1. The molecule has 0 radical (unpaired) electrons. The van der Waals surface area contributed by atoms with E-state index in [1.165, 1.54) is 70.2 Å². The summed E-state index contributed by atoms with van der Waals surface area (Å²) in [6.45, 7) is 0. The average Bonchev–Trinajstić information content (AvgIpc) is 3.91. The van der Waals surface area contributed by atoms with E-state index in [9.17, 15) is 0 Å². The standard InChI is InChI=1S/C52H31N3S/c1-2-14-33(15-3-1)49-53-50(55-51(54-49)41-22-12-21-39-38-18-7-11-27-46(38)56-48(39)41)34-30-28-32(29-31-34)35-20-13-26-45-47(35)40-19-6-10-25-44(40)52(45)42-23-8-4-16-36(42)37-17-5-9-24-43(37)52/h1-31H. The molecule has 0 N–H and O–H groups in total. The van der Waals surface area contributed by atoms with Crippen molar-refractivity contribution in [2.24, 2.45) is 0 Å². The van der Waals surface area contributed by atoms with E-state index in [0.717, 1.165) is 22.3 Å². The summed E-state index contributed by atoms with van der Waals surface area (Å²) in [5.74, 6) is 1.99. The SMILES string of the molecule is c1ccc(-c2nc(-c3ccc(-c4cccc5c4-c4ccccc4C54c5ccccc5-c5ccccc54)cc3)nc(-c3cccc4c3sc3ccccc34)n2)cc1. The maximum Gasteiger partial charge on any atom is 0.165 e. The van der Waals surface area contributed by atoms with Gasteiger partial charge in [0.15, 0.2) is 17.5 Å². The molecule has 3 nitrogen and oxygen atoms in total. The van der Waals surface area contributed by atoms with Crippen molar-refractivity contribution < 1.29 is 0 Å². The molecule has 2 aromatic heterocycles. The smallest absolute Gasteiger partial charge is 0.165 e. The lowest BCUT2D eigenvalue weighted by molar-refractivity contribution is 0.794. The highest BCUT2D eigenvalue weighted by molar-refractivity contribution is 7.26. The molecule has 0 atom stereocenters. The van der Waals surface area contributed by atoms with Crippen LogP contribution in [0.15, 0.2) is 188 Å². The predicted molar refractivity (Wildman–Crippen MR) is 231 cm³/mol. The van der Waals surface area contributed by atoms with E-state index in [4.69, 9.17) is 15.0 Å². The number of fused-ring (bicyclic) bond motifs is 13. The molecule has 2 aliphatic carbocycles. The summed E-state index contributed by atoms with van der Waals surface area (Å²) in [5.41, 5.74) is 15.5. The van der Waals surface area contributed by atoms with Crippen LogP contribution in [0.3, 0.4) is 0 Å². The summed E-state index contributed by atoms with van der Waals surface area (Å²) in [5, 5.41) is 2.48. The lowest BCUT2D eigenvalue weighted by atomic mass is 9.70. The maximum absolute atomic E-state index is 5.18. The second-order valence-corrected chi connectivity index (χ2v) is 15.7. The molecule has 0 aliphatic heterocycles. The molecule has 0 saturated carbocycles. The molecule has 0 saturated heterocycles. The van der Waals surface area contributed by atoms with Crippen LogP contribution in [0.5, 0.6) is 0 Å². The Bertz CT molecular complexity index is 3150. The van der Waals surface area contributed by atoms with Gasteiger partial charge in [0.2, 0.25) is 0 Å². The lowest BCUT2D eigenvalue weighted by Gasteiger charge is -2.30. The molecule has 12 rings (SSSR count). The molecule has 8 aromatic carbocycles. The van der Waals surface area contributed by atoms with Gasteiger partial charge in [-0.3, -0.25) is 0 Å². The van der Waals surface area contributed by atoms with E-state index in [1.54, 1.807) is 11.3 Å². The number of benzene rings is 8. The fourth-order valence-corrected chi connectivity index (χ4v) is 10.7. The van der Waals surface area contributed by atoms with E-state index in [-0.39, 0.29) is 5.41 Å². The zero-order valence-corrected chi connectivity index (χ0v) is 31.0. The van der Waals surface area contributed by atoms with Crippen LogP contribution in [-0.2, 0) is 5.41 Å². The molecule has 2 aliphatic rings. The number of rotatable bonds is 4. The average molecular weight is 730 g/mol. The number of nitrogens with zero attached hydrogens (tertiary/aromatic N) is 3. The van der Waals surface area contributed by atoms with Gasteiger partial charge >= 0.3 is 0 Å². The van der Waals surface area contributed by atoms with Crippen molar-refractivity contribution in [1.82, 2.24) is 15.0 Å². The Morgan fingerprint density at radius 2 is 0.804 bits per heavy atom. The maximum atomic E-state index is 5.18. The third kappa shape index (κ3) is 4.36. The number of hydrogen-bond donors (Lipinski definition) is 0. The van der Waals surface area contributed by atoms with Crippen molar-refractivity contribution in [1.29, 1.82) is 0 Å². The van der Waals surface area contributed by atoms with Gasteiger partial charge < -0.3 is 0 Å². The zero-order valence-electron chi connectivity index (χ0n) is 30.1. The molecular weight excluding hydrogens is 699 g/mol. The molecule has 56 heavy (non-hydrogen) atoms. The number of hydrogen-bond acceptors (Lipinski definition) is 4. The Morgan fingerprint density at radius 1 is 0.321 bits per heavy atom. The summed E-state index contributed by atoms with van der Waals surface area (Å²) in [7, 11) is 0. The van der Waals surface area contributed by atoms with E-state index < -0.39 is 0 Å². The van der Waals surface area contributed by atoms with Crippen molar-refractivity contribution in [2.75, 3.05) is 0 Å². The van der Waals surface area contributed by atoms with Crippen LogP contribution in [0.1, 0.15) is 22.3 Å². The minimum atomic E-state index is -0.374. The zero-order chi connectivity index (χ0) is 36.8. The van der Waals surface area contributed by atoms with Gasteiger partial charge in [-0.05, 0) is 67.8 Å². The first-order valence-corrected chi connectivity index (χ1v) is 19.8. The second kappa shape index (κ2) is 12.0. The summed E-state index contributed by atoms with van der Waals surface area (Å²) < 4.78 is 2.44. The second-order valence-electron chi connectivity index (χ2n) is 14.6. The summed E-state index contributed by atoms with van der Waals surface area (Å²) in [6.07, 6.45) is 0. The molecule has 4 heteroatoms. The minimum Gasteiger partial charge on any atom is -0.208 e. The van der Waals surface area contributed by atoms with Crippen LogP contribution >= 0.6 is 11.3 Å². The van der Waals surface area contributed by atoms with Crippen molar-refractivity contribution >= 4 is 31.5 Å². The van der Waals surface area contributed by atoms with Crippen LogP contribution in [0.25, 0.3) is 87.7 Å². The van der Waals surface area contributed by atoms with Crippen LogP contribution in [0.2, 0.25) is 0 Å². The van der Waals surface area contributed by atoms with Gasteiger partial charge in [-0.25, -0.2) is 15.0 Å². The Labute approximate surface area is 328 Å². The van der Waals surface area contributed by atoms with E-state index >= 15 is 0 Å². The highest BCUT2D eigenvalue weighted by Crippen LogP contribution is 2.63. The summed E-state index contributed by atoms with van der Waals surface area (Å²) >= 11 is 1.79. The quantitative estimate of drug-likeness (QED) is 0.181. The van der Waals surface area contributed by atoms with Crippen LogP contribution in [-0.4, -0.2) is 15.0 Å². The van der Waals surface area contributed by atoms with Gasteiger partial charge in [-0.1, -0.05) is 176 Å². The van der Waals surface area contributed by atoms with Crippen molar-refractivity contribution in [2.45, 2.75) is 5.41 Å². The first-order chi connectivity index (χ1) is 27.8. The fraction of sp³-hybridized carbons (Fsp3) is 0.0192. The Hall–Kier alpha value is -7.01. The molecule has 0 bridgehead atoms. The highest BCUT2D eigenvalue weighted by Gasteiger charge is 2.51. The topological polar surface area (TPSA) is 38.7 Å². The summed E-state index contributed by atoms with van der Waals surface area (Å²) in [4.78, 5) is 15.4. The van der Waals surface area contributed by atoms with E-state index in [2.05, 4.69) is 170 Å². The minimum absolute atomic E-state index is 0.374. The third-order valence-corrected chi connectivity index (χ3v) is 13.0. The lowest BCUT2D eigenvalue weighted by Crippen LogP contribution is -2.25. The van der Waals surface area contributed by atoms with E-state index in [1.807, 2.05) is 18.2 Å². The monoisotopic (exact) mass is 729 g/mol. The predicted octanol–water partition coefficient (Wildman–Crippen LogP) is 13.3. The number of thiophene rings is 1. The summed E-state index contributed by atoms with van der Waals surface area (Å²) in [6, 6.07) is 67.8. The van der Waals surface area contributed by atoms with Crippen LogP contribution in [0, 0.1) is 0 Å². The molecule has 260 valence electrons. The molecule has 10 aromatic rings. The highest BCUT2D eigenvalue weighted by atomic mass is 32.1. The molecule has 2 heterocycles. The Balaban J connectivity index is 1.02. The van der Waals surface area contributed by atoms with Gasteiger partial charge in [0.25, 0.3) is 0 Å². The van der Waals surface area contributed by atoms with Gasteiger partial charge in [-0.2, -0.15) is 0 Å². The van der Waals surface area contributed by atoms with Gasteiger partial charge in [-0.15, -0.1) is 11.3 Å². The van der Waals surface area contributed by atoms with Gasteiger partial charge in [0.1, 0.15) is 0 Å². The molecule has 0 fully saturated rings. The molecule has 0 unspecified atom stereocenters. The first kappa shape index (κ1) is 31.4. The van der Waals surface area contributed by atoms with E-state index in [0.29, 0.717) is 17.5 Å². The fourth-order valence-electron chi connectivity index (χ4n) is 9.45. The Kier molecular flexibility index (Phi) is 6.72. The van der Waals surface area contributed by atoms with Gasteiger partial charge in [0, 0.05) is 36.9 Å². The van der Waals surface area contributed by atoms with Crippen LogP contribution in [0.4, 0.5) is 0 Å². The molecular formula is C52H31N3S. The molecule has 1 spiro atoms. The Morgan fingerprint density at radius 3 is 1.54 bits per heavy atom. The first-order valence-electron chi connectivity index (χ1n) is 19.0. The molecule has 0 amide bonds. The van der Waals surface area contributed by atoms with Crippen molar-refractivity contribution in [3.8, 4) is 67.5 Å². The number of aromatic nitrogens is 3. The van der Waals surface area contributed by atoms with Gasteiger partial charge in [0.05, 0.1) is 5.41 Å². The van der Waals surface area contributed by atoms with Crippen LogP contribution < -0.4 is 0 Å². The van der Waals surface area contributed by atoms with Crippen molar-refractivity contribution in [3.63, 3.8) is 0 Å².